The van der Waals surface area contributed by atoms with E-state index in [-0.39, 0.29) is 9.72 Å². The van der Waals surface area contributed by atoms with Crippen LogP contribution in [0.1, 0.15) is 19.8 Å². The summed E-state index contributed by atoms with van der Waals surface area (Å²) in [4.78, 5) is 0.371. The number of aryl methyl sites for hydroxylation is 1. The van der Waals surface area contributed by atoms with Crippen molar-refractivity contribution in [2.75, 3.05) is 6.54 Å². The number of nitrogens with zero attached hydrogens (tertiary/aromatic N) is 2. The van der Waals surface area contributed by atoms with Crippen molar-refractivity contribution in [1.29, 1.82) is 0 Å². The molecule has 0 fully saturated rings. The molecule has 1 rings (SSSR count). The van der Waals surface area contributed by atoms with Crippen molar-refractivity contribution in [2.24, 2.45) is 7.05 Å². The minimum absolute atomic E-state index is 0.170. The van der Waals surface area contributed by atoms with Crippen molar-refractivity contribution in [3.05, 3.63) is 12.4 Å². The first-order valence-electron chi connectivity index (χ1n) is 5.08. The van der Waals surface area contributed by atoms with Gasteiger partial charge in [-0.15, -0.1) is 0 Å². The van der Waals surface area contributed by atoms with Crippen LogP contribution in [0.3, 0.4) is 0 Å². The first-order chi connectivity index (χ1) is 7.45. The Balaban J connectivity index is 2.59. The maximum atomic E-state index is 11.8. The zero-order valence-electron chi connectivity index (χ0n) is 9.35. The fraction of sp³-hybridized carbons (Fsp3) is 0.667. The van der Waals surface area contributed by atoms with Gasteiger partial charge in [-0.25, -0.2) is 13.1 Å². The molecular weight excluding hydrogens is 294 g/mol. The molecule has 0 aliphatic carbocycles. The van der Waals surface area contributed by atoms with Crippen LogP contribution in [0.25, 0.3) is 0 Å². The molecule has 1 unspecified atom stereocenters. The number of halogens is 1. The summed E-state index contributed by atoms with van der Waals surface area (Å²) < 4.78 is 27.5. The Bertz CT molecular complexity index is 430. The quantitative estimate of drug-likeness (QED) is 0.805. The molecule has 0 saturated carbocycles. The summed E-state index contributed by atoms with van der Waals surface area (Å²) in [5.41, 5.74) is 0. The third kappa shape index (κ3) is 3.88. The van der Waals surface area contributed by atoms with E-state index in [2.05, 4.69) is 32.7 Å². The van der Waals surface area contributed by atoms with Crippen molar-refractivity contribution in [2.45, 2.75) is 29.5 Å². The van der Waals surface area contributed by atoms with Crippen LogP contribution in [-0.4, -0.2) is 29.6 Å². The summed E-state index contributed by atoms with van der Waals surface area (Å²) in [5, 5.41) is 3.83. The first kappa shape index (κ1) is 13.7. The van der Waals surface area contributed by atoms with Gasteiger partial charge in [0, 0.05) is 24.6 Å². The van der Waals surface area contributed by atoms with Crippen LogP contribution in [0, 0.1) is 0 Å². The van der Waals surface area contributed by atoms with E-state index in [0.29, 0.717) is 6.54 Å². The number of rotatable bonds is 6. The first-order valence-corrected chi connectivity index (χ1v) is 7.48. The lowest BCUT2D eigenvalue weighted by Crippen LogP contribution is -2.29. The summed E-state index contributed by atoms with van der Waals surface area (Å²) in [6.07, 6.45) is 4.77. The molecule has 1 atom stereocenters. The van der Waals surface area contributed by atoms with E-state index >= 15 is 0 Å². The van der Waals surface area contributed by atoms with Gasteiger partial charge in [0.2, 0.25) is 10.0 Å². The van der Waals surface area contributed by atoms with Gasteiger partial charge < -0.3 is 0 Å². The van der Waals surface area contributed by atoms with Crippen molar-refractivity contribution in [3.63, 3.8) is 0 Å². The molecule has 1 aromatic heterocycles. The molecule has 1 N–H and O–H groups in total. The van der Waals surface area contributed by atoms with E-state index in [4.69, 9.17) is 0 Å². The van der Waals surface area contributed by atoms with Crippen molar-refractivity contribution < 1.29 is 8.42 Å². The molecule has 0 amide bonds. The highest BCUT2D eigenvalue weighted by molar-refractivity contribution is 9.09. The van der Waals surface area contributed by atoms with Gasteiger partial charge in [0.15, 0.2) is 0 Å². The number of aromatic nitrogens is 2. The molecule has 1 heterocycles. The highest BCUT2D eigenvalue weighted by Gasteiger charge is 2.16. The van der Waals surface area contributed by atoms with Gasteiger partial charge in [-0.1, -0.05) is 29.3 Å². The lowest BCUT2D eigenvalue weighted by atomic mass is 10.2. The van der Waals surface area contributed by atoms with Gasteiger partial charge in [-0.05, 0) is 6.42 Å². The molecule has 0 radical (unpaired) electrons. The average molecular weight is 310 g/mol. The smallest absolute Gasteiger partial charge is 0.243 e. The molecule has 7 heteroatoms. The number of hydrogen-bond acceptors (Lipinski definition) is 3. The minimum Gasteiger partial charge on any atom is -0.274 e. The molecule has 0 bridgehead atoms. The Morgan fingerprint density at radius 2 is 2.31 bits per heavy atom. The highest BCUT2D eigenvalue weighted by atomic mass is 79.9. The van der Waals surface area contributed by atoms with Crippen molar-refractivity contribution in [1.82, 2.24) is 14.5 Å². The molecule has 1 aromatic rings. The summed E-state index contributed by atoms with van der Waals surface area (Å²) in [5.74, 6) is 0. The number of sulfonamides is 1. The molecule has 5 nitrogen and oxygen atoms in total. The Morgan fingerprint density at radius 1 is 1.62 bits per heavy atom. The second-order valence-electron chi connectivity index (χ2n) is 3.59. The van der Waals surface area contributed by atoms with E-state index in [9.17, 15) is 8.42 Å². The highest BCUT2D eigenvalue weighted by Crippen LogP contribution is 2.10. The standard InChI is InChI=1S/C9H16BrN3O2S/c1-3-4-8(10)5-12-16(14,15)9-6-11-13(2)7-9/h6-8,12H,3-5H2,1-2H3. The molecule has 16 heavy (non-hydrogen) atoms. The predicted molar refractivity (Wildman–Crippen MR) is 66.0 cm³/mol. The summed E-state index contributed by atoms with van der Waals surface area (Å²) in [6.45, 7) is 2.45. The van der Waals surface area contributed by atoms with Gasteiger partial charge in [-0.2, -0.15) is 5.10 Å². The van der Waals surface area contributed by atoms with Gasteiger partial charge in [0.05, 0.1) is 6.20 Å². The van der Waals surface area contributed by atoms with Crippen LogP contribution in [0.5, 0.6) is 0 Å². The summed E-state index contributed by atoms with van der Waals surface area (Å²) in [7, 11) is -1.73. The molecule has 0 aliphatic heterocycles. The van der Waals surface area contributed by atoms with E-state index < -0.39 is 10.0 Å². The fourth-order valence-electron chi connectivity index (χ4n) is 1.24. The van der Waals surface area contributed by atoms with E-state index in [0.717, 1.165) is 12.8 Å². The maximum absolute atomic E-state index is 11.8. The fourth-order valence-corrected chi connectivity index (χ4v) is 3.13. The Morgan fingerprint density at radius 3 is 2.81 bits per heavy atom. The van der Waals surface area contributed by atoms with Crippen LogP contribution in [0.4, 0.5) is 0 Å². The summed E-state index contributed by atoms with van der Waals surface area (Å²) >= 11 is 3.42. The van der Waals surface area contributed by atoms with Crippen LogP contribution in [0.15, 0.2) is 17.3 Å². The Hall–Kier alpha value is -0.400. The van der Waals surface area contributed by atoms with Crippen LogP contribution >= 0.6 is 15.9 Å². The van der Waals surface area contributed by atoms with Gasteiger partial charge in [0.1, 0.15) is 4.90 Å². The molecule has 0 aliphatic rings. The largest absolute Gasteiger partial charge is 0.274 e. The minimum atomic E-state index is -3.42. The molecule has 92 valence electrons. The summed E-state index contributed by atoms with van der Waals surface area (Å²) in [6, 6.07) is 0. The van der Waals surface area contributed by atoms with Crippen LogP contribution < -0.4 is 4.72 Å². The lowest BCUT2D eigenvalue weighted by molar-refractivity contribution is 0.578. The third-order valence-electron chi connectivity index (χ3n) is 2.09. The SMILES string of the molecule is CCCC(Br)CNS(=O)(=O)c1cnn(C)c1. The van der Waals surface area contributed by atoms with E-state index in [1.54, 1.807) is 7.05 Å². The van der Waals surface area contributed by atoms with Gasteiger partial charge in [-0.3, -0.25) is 4.68 Å². The predicted octanol–water partition coefficient (Wildman–Crippen LogP) is 1.26. The van der Waals surface area contributed by atoms with E-state index in [1.807, 2.05) is 0 Å². The maximum Gasteiger partial charge on any atom is 0.243 e. The Labute approximate surface area is 104 Å². The second kappa shape index (κ2) is 5.79. The molecule has 0 saturated heterocycles. The average Bonchev–Trinajstić information content (AvgIpc) is 2.63. The number of alkyl halides is 1. The second-order valence-corrected chi connectivity index (χ2v) is 6.65. The molecule has 0 spiro atoms. The van der Waals surface area contributed by atoms with Crippen LogP contribution in [-0.2, 0) is 17.1 Å². The zero-order valence-corrected chi connectivity index (χ0v) is 11.8. The third-order valence-corrected chi connectivity index (χ3v) is 4.25. The molecule has 0 aromatic carbocycles. The Kier molecular flexibility index (Phi) is 4.94. The number of hydrogen-bond donors (Lipinski definition) is 1. The normalized spacial score (nSPS) is 13.9. The molecular formula is C9H16BrN3O2S. The van der Waals surface area contributed by atoms with E-state index in [1.165, 1.54) is 17.1 Å². The van der Waals surface area contributed by atoms with Gasteiger partial charge in [0.25, 0.3) is 0 Å². The lowest BCUT2D eigenvalue weighted by Gasteiger charge is -2.09. The monoisotopic (exact) mass is 309 g/mol. The van der Waals surface area contributed by atoms with Gasteiger partial charge >= 0.3 is 0 Å². The van der Waals surface area contributed by atoms with Crippen LogP contribution in [0.2, 0.25) is 0 Å². The van der Waals surface area contributed by atoms with Crippen molar-refractivity contribution >= 4 is 26.0 Å². The zero-order chi connectivity index (χ0) is 12.2. The number of nitrogens with one attached hydrogen (secondary N) is 1. The topological polar surface area (TPSA) is 64.0 Å². The van der Waals surface area contributed by atoms with Crippen molar-refractivity contribution in [3.8, 4) is 0 Å².